The Labute approximate surface area is 127 Å². The zero-order valence-corrected chi connectivity index (χ0v) is 12.6. The largest absolute Gasteiger partial charge is 0.405 e. The molecule has 0 spiro atoms. The molecule has 7 heteroatoms. The first-order valence-electron chi connectivity index (χ1n) is 6.79. The number of aliphatic hydroxyl groups excluding tert-OH is 1. The molecule has 0 aliphatic heterocycles. The first kappa shape index (κ1) is 18.1. The number of hydrogen-bond donors (Lipinski definition) is 2. The van der Waals surface area contributed by atoms with Crippen LogP contribution in [0, 0.1) is 0 Å². The number of nitrogens with zero attached hydrogens (tertiary/aromatic N) is 1. The van der Waals surface area contributed by atoms with Crippen molar-refractivity contribution in [3.05, 3.63) is 28.8 Å². The minimum Gasteiger partial charge on any atom is -0.395 e. The topological polar surface area (TPSA) is 35.5 Å². The summed E-state index contributed by atoms with van der Waals surface area (Å²) in [6, 6.07) is 4.86. The molecule has 120 valence electrons. The van der Waals surface area contributed by atoms with Gasteiger partial charge in [0.15, 0.2) is 0 Å². The van der Waals surface area contributed by atoms with E-state index in [-0.39, 0.29) is 13.2 Å². The molecule has 0 heterocycles. The van der Waals surface area contributed by atoms with E-state index in [2.05, 4.69) is 5.32 Å². The monoisotopic (exact) mass is 324 g/mol. The summed E-state index contributed by atoms with van der Waals surface area (Å²) >= 11 is 6.11. The molecule has 0 bridgehead atoms. The minimum atomic E-state index is -4.34. The molecule has 0 amide bonds. The number of alkyl halides is 3. The van der Waals surface area contributed by atoms with Crippen LogP contribution in [0.25, 0.3) is 0 Å². The van der Waals surface area contributed by atoms with E-state index >= 15 is 0 Å². The molecule has 0 radical (unpaired) electrons. The molecule has 0 aliphatic rings. The molecule has 0 fully saturated rings. The molecule has 0 aromatic heterocycles. The molecule has 1 rings (SSSR count). The lowest BCUT2D eigenvalue weighted by atomic mass is 10.1. The Morgan fingerprint density at radius 1 is 1.33 bits per heavy atom. The third-order valence-corrected chi connectivity index (χ3v) is 3.26. The summed E-state index contributed by atoms with van der Waals surface area (Å²) in [5.74, 6) is 0. The maximum atomic E-state index is 12.7. The Morgan fingerprint density at radius 3 is 2.62 bits per heavy atom. The number of aliphatic hydroxyl groups is 1. The second kappa shape index (κ2) is 8.46. The smallest absolute Gasteiger partial charge is 0.395 e. The van der Waals surface area contributed by atoms with Gasteiger partial charge in [-0.05, 0) is 25.1 Å². The van der Waals surface area contributed by atoms with Crippen LogP contribution in [0.4, 0.5) is 18.9 Å². The lowest BCUT2D eigenvalue weighted by Crippen LogP contribution is -2.37. The van der Waals surface area contributed by atoms with Crippen molar-refractivity contribution in [2.24, 2.45) is 0 Å². The molecule has 0 unspecified atom stereocenters. The van der Waals surface area contributed by atoms with Gasteiger partial charge in [0.25, 0.3) is 0 Å². The highest BCUT2D eigenvalue weighted by molar-refractivity contribution is 6.31. The first-order valence-corrected chi connectivity index (χ1v) is 7.17. The van der Waals surface area contributed by atoms with Gasteiger partial charge in [-0.3, -0.25) is 0 Å². The van der Waals surface area contributed by atoms with E-state index < -0.39 is 12.7 Å². The molecular formula is C14H20ClF3N2O. The van der Waals surface area contributed by atoms with Gasteiger partial charge in [-0.2, -0.15) is 13.2 Å². The number of hydrogen-bond acceptors (Lipinski definition) is 3. The first-order chi connectivity index (χ1) is 9.89. The van der Waals surface area contributed by atoms with E-state index in [1.807, 2.05) is 6.92 Å². The Hall–Kier alpha value is -0.980. The summed E-state index contributed by atoms with van der Waals surface area (Å²) in [5, 5.41) is 12.6. The van der Waals surface area contributed by atoms with E-state index in [1.165, 1.54) is 0 Å². The van der Waals surface area contributed by atoms with Crippen molar-refractivity contribution < 1.29 is 18.3 Å². The van der Waals surface area contributed by atoms with Crippen molar-refractivity contribution in [3.63, 3.8) is 0 Å². The predicted octanol–water partition coefficient (Wildman–Crippen LogP) is 3.20. The molecular weight excluding hydrogens is 305 g/mol. The lowest BCUT2D eigenvalue weighted by Gasteiger charge is -2.28. The second-order valence-corrected chi connectivity index (χ2v) is 5.08. The van der Waals surface area contributed by atoms with Crippen LogP contribution in [0.2, 0.25) is 5.02 Å². The van der Waals surface area contributed by atoms with Gasteiger partial charge in [0.1, 0.15) is 6.54 Å². The molecule has 21 heavy (non-hydrogen) atoms. The number of nitrogens with one attached hydrogen (secondary N) is 1. The highest BCUT2D eigenvalue weighted by Gasteiger charge is 2.31. The third-order valence-electron chi connectivity index (χ3n) is 2.90. The Bertz CT molecular complexity index is 441. The minimum absolute atomic E-state index is 0.0966. The van der Waals surface area contributed by atoms with Crippen LogP contribution in [0.5, 0.6) is 0 Å². The van der Waals surface area contributed by atoms with Gasteiger partial charge in [-0.1, -0.05) is 24.6 Å². The standard InChI is InChI=1S/C14H20ClF3N2O/c1-2-6-19-9-11-12(15)4-3-5-13(11)20(7-8-21)10-14(16,17)18/h3-5,19,21H,2,6-10H2,1H3. The summed E-state index contributed by atoms with van der Waals surface area (Å²) in [5.41, 5.74) is 1.02. The molecule has 0 aliphatic carbocycles. The van der Waals surface area contributed by atoms with Crippen molar-refractivity contribution >= 4 is 17.3 Å². The summed E-state index contributed by atoms with van der Waals surface area (Å²) < 4.78 is 38.0. The van der Waals surface area contributed by atoms with Gasteiger partial charge in [-0.15, -0.1) is 0 Å². The predicted molar refractivity (Wildman–Crippen MR) is 78.8 cm³/mol. The van der Waals surface area contributed by atoms with Gasteiger partial charge in [-0.25, -0.2) is 0 Å². The van der Waals surface area contributed by atoms with Crippen molar-refractivity contribution in [2.45, 2.75) is 26.1 Å². The molecule has 1 aromatic carbocycles. The third kappa shape index (κ3) is 6.11. The lowest BCUT2D eigenvalue weighted by molar-refractivity contribution is -0.119. The van der Waals surface area contributed by atoms with Crippen molar-refractivity contribution in [3.8, 4) is 0 Å². The van der Waals surface area contributed by atoms with E-state index in [0.717, 1.165) is 17.9 Å². The van der Waals surface area contributed by atoms with Crippen LogP contribution in [0.3, 0.4) is 0 Å². The SMILES string of the molecule is CCCNCc1c(Cl)cccc1N(CCO)CC(F)(F)F. The molecule has 1 aromatic rings. The number of halogens is 4. The molecule has 2 N–H and O–H groups in total. The summed E-state index contributed by atoms with van der Waals surface area (Å²) in [7, 11) is 0. The fourth-order valence-corrected chi connectivity index (χ4v) is 2.27. The van der Waals surface area contributed by atoms with Crippen molar-refractivity contribution in [1.29, 1.82) is 0 Å². The summed E-state index contributed by atoms with van der Waals surface area (Å²) in [6.07, 6.45) is -3.42. The van der Waals surface area contributed by atoms with E-state index in [0.29, 0.717) is 22.8 Å². The summed E-state index contributed by atoms with van der Waals surface area (Å²) in [4.78, 5) is 1.11. The Kier molecular flexibility index (Phi) is 7.28. The maximum absolute atomic E-state index is 12.7. The van der Waals surface area contributed by atoms with Crippen LogP contribution in [-0.2, 0) is 6.54 Å². The zero-order valence-electron chi connectivity index (χ0n) is 11.9. The highest BCUT2D eigenvalue weighted by Crippen LogP contribution is 2.30. The van der Waals surface area contributed by atoms with Gasteiger partial charge in [0, 0.05) is 29.4 Å². The van der Waals surface area contributed by atoms with E-state index in [9.17, 15) is 13.2 Å². The van der Waals surface area contributed by atoms with Crippen LogP contribution >= 0.6 is 11.6 Å². The fraction of sp³-hybridized carbons (Fsp3) is 0.571. The number of benzene rings is 1. The number of anilines is 1. The molecule has 0 saturated carbocycles. The quantitative estimate of drug-likeness (QED) is 0.721. The van der Waals surface area contributed by atoms with Crippen LogP contribution < -0.4 is 10.2 Å². The molecule has 0 saturated heterocycles. The summed E-state index contributed by atoms with van der Waals surface area (Å²) in [6.45, 7) is 1.58. The highest BCUT2D eigenvalue weighted by atomic mass is 35.5. The van der Waals surface area contributed by atoms with Gasteiger partial charge >= 0.3 is 6.18 Å². The second-order valence-electron chi connectivity index (χ2n) is 4.67. The van der Waals surface area contributed by atoms with Crippen molar-refractivity contribution in [1.82, 2.24) is 5.32 Å². The van der Waals surface area contributed by atoms with Crippen LogP contribution in [0.1, 0.15) is 18.9 Å². The van der Waals surface area contributed by atoms with Crippen molar-refractivity contribution in [2.75, 3.05) is 31.1 Å². The Morgan fingerprint density at radius 2 is 2.05 bits per heavy atom. The average Bonchev–Trinajstić information content (AvgIpc) is 2.39. The van der Waals surface area contributed by atoms with Gasteiger partial charge < -0.3 is 15.3 Å². The average molecular weight is 325 g/mol. The van der Waals surface area contributed by atoms with E-state index in [4.69, 9.17) is 16.7 Å². The maximum Gasteiger partial charge on any atom is 0.405 e. The normalized spacial score (nSPS) is 11.7. The van der Waals surface area contributed by atoms with Crippen LogP contribution in [0.15, 0.2) is 18.2 Å². The molecule has 3 nitrogen and oxygen atoms in total. The molecule has 0 atom stereocenters. The van der Waals surface area contributed by atoms with E-state index in [1.54, 1.807) is 18.2 Å². The van der Waals surface area contributed by atoms with Gasteiger partial charge in [0.05, 0.1) is 6.61 Å². The zero-order chi connectivity index (χ0) is 15.9. The number of rotatable bonds is 8. The van der Waals surface area contributed by atoms with Gasteiger partial charge in [0.2, 0.25) is 0 Å². The fourth-order valence-electron chi connectivity index (χ4n) is 2.03. The Balaban J connectivity index is 3.02. The van der Waals surface area contributed by atoms with Crippen LogP contribution in [-0.4, -0.2) is 37.5 Å².